The maximum Gasteiger partial charge on any atom is 0.329 e. The van der Waals surface area contributed by atoms with E-state index in [-0.39, 0.29) is 12.4 Å². The zero-order valence-electron chi connectivity index (χ0n) is 10.7. The molecule has 0 aliphatic carbocycles. The normalized spacial score (nSPS) is 11.5. The monoisotopic (exact) mass is 265 g/mol. The van der Waals surface area contributed by atoms with Gasteiger partial charge in [0.05, 0.1) is 0 Å². The maximum atomic E-state index is 11.2. The fraction of sp³-hybridized carbons (Fsp3) is 0.308. The van der Waals surface area contributed by atoms with Gasteiger partial charge in [0.1, 0.15) is 12.4 Å². The molecule has 102 valence electrons. The van der Waals surface area contributed by atoms with Crippen LogP contribution in [-0.2, 0) is 9.59 Å². The zero-order chi connectivity index (χ0) is 14.4. The van der Waals surface area contributed by atoms with Gasteiger partial charge >= 0.3 is 5.97 Å². The molecule has 0 aliphatic heterocycles. The molecule has 19 heavy (non-hydrogen) atoms. The first-order chi connectivity index (χ1) is 8.90. The van der Waals surface area contributed by atoms with Crippen LogP contribution in [0.15, 0.2) is 24.3 Å². The number of Topliss-reactive ketones (excluding diaryl/α,β-unsaturated/α-hetero) is 1. The van der Waals surface area contributed by atoms with Crippen LogP contribution in [-0.4, -0.2) is 35.4 Å². The standard InChI is InChI=1S/C13H15NO5/c1-8(15)10-4-3-5-11(6-10)19-7-12(13(17)18)14-9(2)16/h3-6,12H,7H2,1-2H3,(H,14,16)(H,17,18). The van der Waals surface area contributed by atoms with Gasteiger partial charge in [-0.1, -0.05) is 12.1 Å². The number of hydrogen-bond acceptors (Lipinski definition) is 4. The number of amides is 1. The molecule has 1 atom stereocenters. The van der Waals surface area contributed by atoms with Crippen molar-refractivity contribution in [3.05, 3.63) is 29.8 Å². The second-order valence-corrected chi connectivity index (χ2v) is 3.99. The zero-order valence-corrected chi connectivity index (χ0v) is 10.7. The number of nitrogens with one attached hydrogen (secondary N) is 1. The van der Waals surface area contributed by atoms with Crippen LogP contribution < -0.4 is 10.1 Å². The van der Waals surface area contributed by atoms with Gasteiger partial charge in [-0.25, -0.2) is 4.79 Å². The number of rotatable bonds is 6. The van der Waals surface area contributed by atoms with Crippen LogP contribution >= 0.6 is 0 Å². The van der Waals surface area contributed by atoms with Gasteiger partial charge in [-0.05, 0) is 19.1 Å². The van der Waals surface area contributed by atoms with Crippen LogP contribution in [0.3, 0.4) is 0 Å². The van der Waals surface area contributed by atoms with Crippen molar-refractivity contribution >= 4 is 17.7 Å². The second kappa shape index (κ2) is 6.53. The molecular formula is C13H15NO5. The summed E-state index contributed by atoms with van der Waals surface area (Å²) in [5.41, 5.74) is 0.476. The molecule has 0 heterocycles. The number of carboxylic acid groups (broad SMARTS) is 1. The average Bonchev–Trinajstić information content (AvgIpc) is 2.34. The summed E-state index contributed by atoms with van der Waals surface area (Å²) < 4.78 is 5.27. The summed E-state index contributed by atoms with van der Waals surface area (Å²) in [4.78, 5) is 32.9. The average molecular weight is 265 g/mol. The van der Waals surface area contributed by atoms with Gasteiger partial charge in [0.25, 0.3) is 0 Å². The Hall–Kier alpha value is -2.37. The molecule has 0 bridgehead atoms. The molecule has 2 N–H and O–H groups in total. The third-order valence-electron chi connectivity index (χ3n) is 2.33. The number of benzene rings is 1. The third kappa shape index (κ3) is 4.79. The number of carbonyl (C=O) groups excluding carboxylic acids is 2. The summed E-state index contributed by atoms with van der Waals surface area (Å²) in [5, 5.41) is 11.2. The molecule has 0 fully saturated rings. The van der Waals surface area contributed by atoms with Crippen LogP contribution in [0, 0.1) is 0 Å². The van der Waals surface area contributed by atoms with Crippen LogP contribution in [0.25, 0.3) is 0 Å². The van der Waals surface area contributed by atoms with Crippen molar-refractivity contribution in [3.63, 3.8) is 0 Å². The van der Waals surface area contributed by atoms with Crippen molar-refractivity contribution in [1.29, 1.82) is 0 Å². The number of aliphatic carboxylic acids is 1. The molecule has 0 spiro atoms. The highest BCUT2D eigenvalue weighted by Gasteiger charge is 2.19. The van der Waals surface area contributed by atoms with Crippen molar-refractivity contribution in [2.45, 2.75) is 19.9 Å². The van der Waals surface area contributed by atoms with E-state index in [1.165, 1.54) is 19.9 Å². The Morgan fingerprint density at radius 3 is 2.53 bits per heavy atom. The molecule has 0 aromatic heterocycles. The fourth-order valence-electron chi connectivity index (χ4n) is 1.40. The van der Waals surface area contributed by atoms with Crippen molar-refractivity contribution < 1.29 is 24.2 Å². The largest absolute Gasteiger partial charge is 0.491 e. The van der Waals surface area contributed by atoms with E-state index in [2.05, 4.69) is 5.32 Å². The number of ether oxygens (including phenoxy) is 1. The van der Waals surface area contributed by atoms with Gasteiger partial charge in [-0.2, -0.15) is 0 Å². The molecule has 1 amide bonds. The highest BCUT2D eigenvalue weighted by molar-refractivity contribution is 5.94. The van der Waals surface area contributed by atoms with Crippen molar-refractivity contribution in [3.8, 4) is 5.75 Å². The van der Waals surface area contributed by atoms with E-state index >= 15 is 0 Å². The lowest BCUT2D eigenvalue weighted by atomic mass is 10.1. The quantitative estimate of drug-likeness (QED) is 0.744. The lowest BCUT2D eigenvalue weighted by Gasteiger charge is -2.14. The van der Waals surface area contributed by atoms with Gasteiger partial charge in [-0.3, -0.25) is 9.59 Å². The SMILES string of the molecule is CC(=O)NC(COc1cccc(C(C)=O)c1)C(=O)O. The Labute approximate surface area is 110 Å². The highest BCUT2D eigenvalue weighted by atomic mass is 16.5. The molecule has 0 radical (unpaired) electrons. The Bertz CT molecular complexity index is 498. The summed E-state index contributed by atoms with van der Waals surface area (Å²) in [6, 6.07) is 5.28. The minimum atomic E-state index is -1.18. The first kappa shape index (κ1) is 14.7. The van der Waals surface area contributed by atoms with E-state index in [0.29, 0.717) is 11.3 Å². The molecule has 6 heteroatoms. The number of ketones is 1. The number of hydrogen-bond donors (Lipinski definition) is 2. The Morgan fingerprint density at radius 2 is 2.00 bits per heavy atom. The first-order valence-corrected chi connectivity index (χ1v) is 5.64. The van der Waals surface area contributed by atoms with Crippen LogP contribution in [0.4, 0.5) is 0 Å². The van der Waals surface area contributed by atoms with Crippen LogP contribution in [0.5, 0.6) is 5.75 Å². The van der Waals surface area contributed by atoms with E-state index in [4.69, 9.17) is 9.84 Å². The van der Waals surface area contributed by atoms with Crippen molar-refractivity contribution in [1.82, 2.24) is 5.32 Å². The molecule has 1 aromatic rings. The van der Waals surface area contributed by atoms with E-state index in [9.17, 15) is 14.4 Å². The summed E-state index contributed by atoms with van der Waals surface area (Å²) in [5.74, 6) is -1.36. The van der Waals surface area contributed by atoms with Gasteiger partial charge in [0.2, 0.25) is 5.91 Å². The Morgan fingerprint density at radius 1 is 1.32 bits per heavy atom. The van der Waals surface area contributed by atoms with Gasteiger partial charge in [-0.15, -0.1) is 0 Å². The summed E-state index contributed by atoms with van der Waals surface area (Å²) in [7, 11) is 0. The molecule has 0 aliphatic rings. The number of carbonyl (C=O) groups is 3. The Balaban J connectivity index is 2.68. The van der Waals surface area contributed by atoms with Gasteiger partial charge in [0, 0.05) is 12.5 Å². The molecular weight excluding hydrogens is 250 g/mol. The first-order valence-electron chi connectivity index (χ1n) is 5.64. The van der Waals surface area contributed by atoms with Gasteiger partial charge in [0.15, 0.2) is 11.8 Å². The molecule has 0 saturated heterocycles. The molecule has 1 aromatic carbocycles. The lowest BCUT2D eigenvalue weighted by molar-refractivity contribution is -0.142. The summed E-state index contributed by atoms with van der Waals surface area (Å²) >= 11 is 0. The topological polar surface area (TPSA) is 92.7 Å². The number of carboxylic acids is 1. The lowest BCUT2D eigenvalue weighted by Crippen LogP contribution is -2.43. The summed E-state index contributed by atoms with van der Waals surface area (Å²) in [6.07, 6.45) is 0. The van der Waals surface area contributed by atoms with E-state index < -0.39 is 17.9 Å². The van der Waals surface area contributed by atoms with Crippen LogP contribution in [0.2, 0.25) is 0 Å². The fourth-order valence-corrected chi connectivity index (χ4v) is 1.40. The van der Waals surface area contributed by atoms with Crippen molar-refractivity contribution in [2.75, 3.05) is 6.61 Å². The molecule has 1 unspecified atom stereocenters. The molecule has 0 saturated carbocycles. The maximum absolute atomic E-state index is 11.2. The third-order valence-corrected chi connectivity index (χ3v) is 2.33. The van der Waals surface area contributed by atoms with E-state index in [0.717, 1.165) is 0 Å². The van der Waals surface area contributed by atoms with Gasteiger partial charge < -0.3 is 15.2 Å². The van der Waals surface area contributed by atoms with E-state index in [1.54, 1.807) is 18.2 Å². The van der Waals surface area contributed by atoms with E-state index in [1.807, 2.05) is 0 Å². The van der Waals surface area contributed by atoms with Crippen LogP contribution in [0.1, 0.15) is 24.2 Å². The molecule has 1 rings (SSSR count). The second-order valence-electron chi connectivity index (χ2n) is 3.99. The summed E-state index contributed by atoms with van der Waals surface area (Å²) in [6.45, 7) is 2.44. The predicted octanol–water partition coefficient (Wildman–Crippen LogP) is 0.857. The molecule has 6 nitrogen and oxygen atoms in total. The Kier molecular flexibility index (Phi) is 5.05. The predicted molar refractivity (Wildman–Crippen MR) is 67.2 cm³/mol. The highest BCUT2D eigenvalue weighted by Crippen LogP contribution is 2.14. The minimum absolute atomic E-state index is 0.109. The smallest absolute Gasteiger partial charge is 0.329 e. The minimum Gasteiger partial charge on any atom is -0.491 e. The van der Waals surface area contributed by atoms with Crippen molar-refractivity contribution in [2.24, 2.45) is 0 Å².